The summed E-state index contributed by atoms with van der Waals surface area (Å²) >= 11 is 0. The van der Waals surface area contributed by atoms with Gasteiger partial charge in [-0.05, 0) is 34.9 Å². The number of hydrogen-bond acceptors (Lipinski definition) is 2. The zero-order chi connectivity index (χ0) is 25.5. The standard InChI is InChI=1S/C32H28N3O2/c36-32(37)29-8-6-26(7-9-29)13-19-35-22-16-28(17-23-35)31-11-10-30(24-33-31)27-14-20-34(21-15-27)18-12-25-4-2-1-3-5-25/h1-11,14-17,20-24H,12-13,18-19H2/q+1/p+1. The predicted molar refractivity (Wildman–Crippen MR) is 143 cm³/mol. The van der Waals surface area contributed by atoms with Crippen molar-refractivity contribution in [2.45, 2.75) is 25.9 Å². The average molecular weight is 488 g/mol. The number of hydrogen-bond donors (Lipinski definition) is 1. The quantitative estimate of drug-likeness (QED) is 0.292. The molecule has 0 bridgehead atoms. The molecule has 0 saturated carbocycles. The van der Waals surface area contributed by atoms with Gasteiger partial charge < -0.3 is 5.11 Å². The Kier molecular flexibility index (Phi) is 7.42. The number of carboxylic acids is 1. The fraction of sp³-hybridized carbons (Fsp3) is 0.125. The minimum atomic E-state index is -0.899. The molecule has 1 N–H and O–H groups in total. The molecule has 0 radical (unpaired) electrons. The van der Waals surface area contributed by atoms with E-state index in [0.717, 1.165) is 53.9 Å². The number of rotatable bonds is 9. The minimum absolute atomic E-state index is 0.314. The number of carbonyl (C=O) groups is 1. The summed E-state index contributed by atoms with van der Waals surface area (Å²) in [7, 11) is 0. The van der Waals surface area contributed by atoms with E-state index in [2.05, 4.69) is 94.6 Å². The molecule has 0 unspecified atom stereocenters. The highest BCUT2D eigenvalue weighted by Gasteiger charge is 2.08. The predicted octanol–water partition coefficient (Wildman–Crippen LogP) is 5.17. The van der Waals surface area contributed by atoms with Crippen LogP contribution in [0.1, 0.15) is 21.5 Å². The first-order chi connectivity index (χ1) is 18.1. The molecule has 5 heteroatoms. The maximum Gasteiger partial charge on any atom is 0.335 e. The molecular formula is C32H29N3O2+2. The molecule has 0 saturated heterocycles. The normalized spacial score (nSPS) is 10.8. The van der Waals surface area contributed by atoms with Gasteiger partial charge in [0.2, 0.25) is 0 Å². The zero-order valence-corrected chi connectivity index (χ0v) is 20.6. The Hall–Kier alpha value is -4.64. The molecule has 0 amide bonds. The van der Waals surface area contributed by atoms with Crippen molar-refractivity contribution in [1.29, 1.82) is 0 Å². The Balaban J connectivity index is 1.17. The van der Waals surface area contributed by atoms with Crippen molar-refractivity contribution in [3.8, 4) is 22.4 Å². The summed E-state index contributed by atoms with van der Waals surface area (Å²) in [5, 5.41) is 9.03. The van der Waals surface area contributed by atoms with Crippen molar-refractivity contribution >= 4 is 5.97 Å². The molecule has 37 heavy (non-hydrogen) atoms. The molecule has 0 atom stereocenters. The van der Waals surface area contributed by atoms with Gasteiger partial charge in [0, 0.05) is 54.4 Å². The van der Waals surface area contributed by atoms with Crippen LogP contribution in [0.15, 0.2) is 122 Å². The molecule has 3 heterocycles. The highest BCUT2D eigenvalue weighted by Crippen LogP contribution is 2.21. The monoisotopic (exact) mass is 487 g/mol. The number of nitrogens with zero attached hydrogens (tertiary/aromatic N) is 3. The highest BCUT2D eigenvalue weighted by molar-refractivity contribution is 5.87. The molecule has 0 fully saturated rings. The summed E-state index contributed by atoms with van der Waals surface area (Å²) in [5.74, 6) is -0.899. The Morgan fingerprint density at radius 2 is 1.19 bits per heavy atom. The molecule has 5 nitrogen and oxygen atoms in total. The van der Waals surface area contributed by atoms with Crippen LogP contribution in [0.4, 0.5) is 0 Å². The first kappa shape index (κ1) is 24.1. The second kappa shape index (κ2) is 11.4. The molecule has 3 aromatic heterocycles. The van der Waals surface area contributed by atoms with Gasteiger partial charge in [0.1, 0.15) is 0 Å². The van der Waals surface area contributed by atoms with Gasteiger partial charge in [-0.1, -0.05) is 48.5 Å². The van der Waals surface area contributed by atoms with E-state index in [1.54, 1.807) is 12.1 Å². The van der Waals surface area contributed by atoms with Crippen LogP contribution in [-0.2, 0) is 25.9 Å². The smallest absolute Gasteiger partial charge is 0.335 e. The fourth-order valence-corrected chi connectivity index (χ4v) is 4.29. The van der Waals surface area contributed by atoms with Gasteiger partial charge in [0.15, 0.2) is 37.9 Å². The third-order valence-corrected chi connectivity index (χ3v) is 6.54. The summed E-state index contributed by atoms with van der Waals surface area (Å²) in [6, 6.07) is 30.2. The van der Waals surface area contributed by atoms with Gasteiger partial charge in [0.05, 0.1) is 11.3 Å². The summed E-state index contributed by atoms with van der Waals surface area (Å²) in [6.45, 7) is 1.77. The molecule has 2 aromatic carbocycles. The summed E-state index contributed by atoms with van der Waals surface area (Å²) < 4.78 is 4.34. The SMILES string of the molecule is O=C(O)c1ccc(CC[n+]2ccc(-c3ccc(-c4cc[n+](CCc5ccccc5)cc4)cn3)cc2)cc1. The van der Waals surface area contributed by atoms with Gasteiger partial charge >= 0.3 is 5.97 Å². The molecule has 0 aliphatic heterocycles. The topological polar surface area (TPSA) is 58.0 Å². The van der Waals surface area contributed by atoms with Crippen LogP contribution < -0.4 is 9.13 Å². The van der Waals surface area contributed by atoms with Crippen molar-refractivity contribution in [3.05, 3.63) is 139 Å². The van der Waals surface area contributed by atoms with Crippen LogP contribution in [-0.4, -0.2) is 16.1 Å². The largest absolute Gasteiger partial charge is 0.478 e. The number of aromatic carboxylic acids is 1. The summed E-state index contributed by atoms with van der Waals surface area (Å²) in [6.07, 6.45) is 12.1. The van der Waals surface area contributed by atoms with E-state index in [-0.39, 0.29) is 0 Å². The van der Waals surface area contributed by atoms with Gasteiger partial charge in [-0.2, -0.15) is 0 Å². The molecule has 0 spiro atoms. The number of benzene rings is 2. The van der Waals surface area contributed by atoms with Gasteiger partial charge in [0.25, 0.3) is 0 Å². The van der Waals surface area contributed by atoms with Crippen molar-refractivity contribution < 1.29 is 19.0 Å². The van der Waals surface area contributed by atoms with Gasteiger partial charge in [-0.15, -0.1) is 0 Å². The molecule has 5 rings (SSSR count). The third kappa shape index (κ3) is 6.33. The van der Waals surface area contributed by atoms with Crippen LogP contribution in [0.5, 0.6) is 0 Å². The Bertz CT molecular complexity index is 1450. The highest BCUT2D eigenvalue weighted by atomic mass is 16.4. The van der Waals surface area contributed by atoms with E-state index < -0.39 is 5.97 Å². The molecule has 0 aliphatic carbocycles. The Morgan fingerprint density at radius 3 is 1.73 bits per heavy atom. The van der Waals surface area contributed by atoms with E-state index in [4.69, 9.17) is 10.1 Å². The molecule has 182 valence electrons. The van der Waals surface area contributed by atoms with Crippen molar-refractivity contribution in [3.63, 3.8) is 0 Å². The Morgan fingerprint density at radius 1 is 0.622 bits per heavy atom. The van der Waals surface area contributed by atoms with Crippen molar-refractivity contribution in [1.82, 2.24) is 4.98 Å². The van der Waals surface area contributed by atoms with Crippen LogP contribution in [0.3, 0.4) is 0 Å². The Labute approximate surface area is 217 Å². The van der Waals surface area contributed by atoms with Crippen LogP contribution >= 0.6 is 0 Å². The van der Waals surface area contributed by atoms with E-state index in [9.17, 15) is 4.79 Å². The lowest BCUT2D eigenvalue weighted by molar-refractivity contribution is -0.696. The van der Waals surface area contributed by atoms with E-state index in [0.29, 0.717) is 5.56 Å². The number of pyridine rings is 3. The number of carboxylic acid groups (broad SMARTS) is 1. The zero-order valence-electron chi connectivity index (χ0n) is 20.6. The lowest BCUT2D eigenvalue weighted by Crippen LogP contribution is -2.33. The maximum atomic E-state index is 11.0. The van der Waals surface area contributed by atoms with Crippen LogP contribution in [0.25, 0.3) is 22.4 Å². The maximum absolute atomic E-state index is 11.0. The van der Waals surface area contributed by atoms with E-state index >= 15 is 0 Å². The molecule has 0 aliphatic rings. The minimum Gasteiger partial charge on any atom is -0.478 e. The average Bonchev–Trinajstić information content (AvgIpc) is 2.96. The van der Waals surface area contributed by atoms with E-state index in [1.807, 2.05) is 24.4 Å². The fourth-order valence-electron chi connectivity index (χ4n) is 4.29. The number of aryl methyl sites for hydroxylation is 4. The van der Waals surface area contributed by atoms with Gasteiger partial charge in [-0.25, -0.2) is 13.9 Å². The number of aromatic nitrogens is 3. The van der Waals surface area contributed by atoms with Crippen molar-refractivity contribution in [2.75, 3.05) is 0 Å². The first-order valence-corrected chi connectivity index (χ1v) is 12.5. The lowest BCUT2D eigenvalue weighted by Gasteiger charge is -2.05. The molecular weight excluding hydrogens is 458 g/mol. The van der Waals surface area contributed by atoms with E-state index in [1.165, 1.54) is 5.56 Å². The second-order valence-electron chi connectivity index (χ2n) is 9.07. The van der Waals surface area contributed by atoms with Crippen molar-refractivity contribution in [2.24, 2.45) is 0 Å². The van der Waals surface area contributed by atoms with Gasteiger partial charge in [-0.3, -0.25) is 4.98 Å². The summed E-state index contributed by atoms with van der Waals surface area (Å²) in [5.41, 5.74) is 7.03. The van der Waals surface area contributed by atoms with Crippen LogP contribution in [0, 0.1) is 0 Å². The lowest BCUT2D eigenvalue weighted by atomic mass is 10.1. The second-order valence-corrected chi connectivity index (χ2v) is 9.07. The third-order valence-electron chi connectivity index (χ3n) is 6.54. The van der Waals surface area contributed by atoms with Crippen LogP contribution in [0.2, 0.25) is 0 Å². The summed E-state index contributed by atoms with van der Waals surface area (Å²) in [4.78, 5) is 15.7. The first-order valence-electron chi connectivity index (χ1n) is 12.5. The molecule has 5 aromatic rings.